The Labute approximate surface area is 385 Å². The van der Waals surface area contributed by atoms with E-state index < -0.39 is 0 Å². The maximum absolute atomic E-state index is 12.7. The molecule has 4 rings (SSSR count). The van der Waals surface area contributed by atoms with E-state index >= 15 is 0 Å². The predicted octanol–water partition coefficient (Wildman–Crippen LogP) is 2.71. The van der Waals surface area contributed by atoms with E-state index in [4.69, 9.17) is 19.1 Å². The number of carbonyl (C=O) groups is 4. The molecule has 8 amide bonds. The minimum Gasteiger partial charge on any atom is -0.379 e. The van der Waals surface area contributed by atoms with Crippen LogP contribution in [0.5, 0.6) is 0 Å². The Hall–Kier alpha value is -4.86. The summed E-state index contributed by atoms with van der Waals surface area (Å²) in [6, 6.07) is 4.79. The summed E-state index contributed by atoms with van der Waals surface area (Å²) in [6.07, 6.45) is 12.9. The van der Waals surface area contributed by atoms with Crippen LogP contribution in [-0.2, 0) is 32.1 Å². The minimum absolute atomic E-state index is 0.0845. The van der Waals surface area contributed by atoms with Crippen LogP contribution in [0.3, 0.4) is 0 Å². The van der Waals surface area contributed by atoms with Crippen molar-refractivity contribution in [3.8, 4) is 5.69 Å². The number of nitrogens with one attached hydrogen (secondary N) is 6. The molecule has 364 valence electrons. The van der Waals surface area contributed by atoms with Gasteiger partial charge in [-0.05, 0) is 84.3 Å². The van der Waals surface area contributed by atoms with Gasteiger partial charge in [0.05, 0.1) is 64.5 Å². The highest BCUT2D eigenvalue weighted by atomic mass is 16.7. The molecule has 20 heteroatoms. The van der Waals surface area contributed by atoms with Crippen LogP contribution in [0.2, 0.25) is 0 Å². The zero-order chi connectivity index (χ0) is 46.5. The summed E-state index contributed by atoms with van der Waals surface area (Å²) in [7, 11) is 0. The lowest BCUT2D eigenvalue weighted by molar-refractivity contribution is -0.596. The third-order valence-corrected chi connectivity index (χ3v) is 10.7. The zero-order valence-corrected chi connectivity index (χ0v) is 39.3. The summed E-state index contributed by atoms with van der Waals surface area (Å²) >= 11 is 0. The van der Waals surface area contributed by atoms with Crippen molar-refractivity contribution in [1.29, 1.82) is 0 Å². The van der Waals surface area contributed by atoms with Gasteiger partial charge in [-0.3, -0.25) is 24.5 Å². The molecule has 20 nitrogen and oxygen atoms in total. The van der Waals surface area contributed by atoms with E-state index in [2.05, 4.69) is 46.7 Å². The number of rotatable bonds is 28. The summed E-state index contributed by atoms with van der Waals surface area (Å²) in [4.78, 5) is 70.8. The van der Waals surface area contributed by atoms with Crippen molar-refractivity contribution in [2.45, 2.75) is 91.3 Å². The lowest BCUT2D eigenvalue weighted by atomic mass is 10.2. The number of pyridine rings is 2. The van der Waals surface area contributed by atoms with Crippen LogP contribution in [0, 0.1) is 0 Å². The van der Waals surface area contributed by atoms with Gasteiger partial charge in [-0.1, -0.05) is 0 Å². The first-order valence-corrected chi connectivity index (χ1v) is 23.6. The Morgan fingerprint density at radius 1 is 0.662 bits per heavy atom. The van der Waals surface area contributed by atoms with Crippen molar-refractivity contribution >= 4 is 24.1 Å². The SMILES string of the molecule is CC(C)N(OCCN1CCOCC1)C(=O)NCCCCCNC(=O)NCCc1cncc(-[n+]2cccc(CNC(=O)NCCCCCNC(=O)N(OCCN3CCOCC3)C(C)C)c2)c1. The summed E-state index contributed by atoms with van der Waals surface area (Å²) in [5.41, 5.74) is 2.76. The number of aromatic nitrogens is 2. The van der Waals surface area contributed by atoms with Crippen molar-refractivity contribution in [1.82, 2.24) is 56.8 Å². The van der Waals surface area contributed by atoms with Crippen molar-refractivity contribution in [3.05, 3.63) is 54.1 Å². The van der Waals surface area contributed by atoms with Gasteiger partial charge in [0.15, 0.2) is 12.4 Å². The highest BCUT2D eigenvalue weighted by Crippen LogP contribution is 2.07. The first-order valence-electron chi connectivity index (χ1n) is 23.6. The Bertz CT molecular complexity index is 1680. The molecule has 0 unspecified atom stereocenters. The average molecular weight is 914 g/mol. The molecular formula is C45H77N12O8+. The maximum Gasteiger partial charge on any atom is 0.341 e. The van der Waals surface area contributed by atoms with Crippen LogP contribution in [0.25, 0.3) is 5.69 Å². The predicted molar refractivity (Wildman–Crippen MR) is 246 cm³/mol. The quantitative estimate of drug-likeness (QED) is 0.0416. The fourth-order valence-electron chi connectivity index (χ4n) is 7.04. The molecule has 6 N–H and O–H groups in total. The van der Waals surface area contributed by atoms with Gasteiger partial charge in [0.2, 0.25) is 5.69 Å². The summed E-state index contributed by atoms with van der Waals surface area (Å²) in [5, 5.41) is 20.3. The molecule has 0 radical (unpaired) electrons. The van der Waals surface area contributed by atoms with Crippen molar-refractivity contribution < 1.29 is 42.9 Å². The second kappa shape index (κ2) is 31.1. The zero-order valence-electron chi connectivity index (χ0n) is 39.3. The molecule has 2 aromatic heterocycles. The van der Waals surface area contributed by atoms with Crippen LogP contribution >= 0.6 is 0 Å². The summed E-state index contributed by atoms with van der Waals surface area (Å²) in [6.45, 7) is 19.5. The summed E-state index contributed by atoms with van der Waals surface area (Å²) < 4.78 is 12.7. The second-order valence-electron chi connectivity index (χ2n) is 16.7. The van der Waals surface area contributed by atoms with Gasteiger partial charge >= 0.3 is 24.1 Å². The molecular weight excluding hydrogens is 837 g/mol. The standard InChI is InChI=1S/C45H76N12O8/c1-37(2)56(64-30-24-53-20-26-62-27-21-53)44(60)50-16-9-5-7-14-47-42(58)49-18-13-39-32-41(35-46-33-39)55-19-11-12-40(36-55)34-52-43(59)48-15-8-6-10-17-51-45(61)57(38(3)4)65-31-25-54-22-28-63-29-23-54/h11-12,19,32-33,35-38H,5-10,13-18,20-31,34H2,1-4H3,(H5-,47,48,49,50,51,52,58,59,60,61)/p+1. The van der Waals surface area contributed by atoms with Crippen LogP contribution in [0.15, 0.2) is 43.0 Å². The molecule has 0 atom stereocenters. The van der Waals surface area contributed by atoms with Crippen LogP contribution in [-0.4, -0.2) is 173 Å². The topological polar surface area (TPSA) is 207 Å². The van der Waals surface area contributed by atoms with Crippen LogP contribution < -0.4 is 36.5 Å². The number of urea groups is 4. The largest absolute Gasteiger partial charge is 0.379 e. The average Bonchev–Trinajstić information content (AvgIpc) is 3.31. The molecule has 0 aromatic carbocycles. The first-order chi connectivity index (χ1) is 31.6. The number of hydrogen-bond donors (Lipinski definition) is 6. The molecule has 0 aliphatic carbocycles. The van der Waals surface area contributed by atoms with Gasteiger partial charge in [-0.2, -0.15) is 4.57 Å². The van der Waals surface area contributed by atoms with Crippen molar-refractivity contribution in [2.75, 3.05) is 112 Å². The molecule has 2 aliphatic rings. The summed E-state index contributed by atoms with van der Waals surface area (Å²) in [5.74, 6) is 0. The van der Waals surface area contributed by atoms with Gasteiger partial charge in [0.1, 0.15) is 0 Å². The number of carbonyl (C=O) groups excluding carboxylic acids is 4. The fourth-order valence-corrected chi connectivity index (χ4v) is 7.04. The van der Waals surface area contributed by atoms with E-state index in [1.54, 1.807) is 12.4 Å². The number of unbranched alkanes of at least 4 members (excludes halogenated alkanes) is 4. The van der Waals surface area contributed by atoms with E-state index in [1.165, 1.54) is 10.1 Å². The van der Waals surface area contributed by atoms with Gasteiger partial charge in [0.25, 0.3) is 0 Å². The van der Waals surface area contributed by atoms with E-state index in [-0.39, 0.29) is 36.2 Å². The molecule has 0 saturated carbocycles. The van der Waals surface area contributed by atoms with E-state index in [1.807, 2.05) is 62.9 Å². The van der Waals surface area contributed by atoms with E-state index in [0.29, 0.717) is 58.9 Å². The third kappa shape index (κ3) is 21.8. The minimum atomic E-state index is -0.243. The Balaban J connectivity index is 1.01. The molecule has 0 bridgehead atoms. The number of hydrogen-bond acceptors (Lipinski definition) is 11. The molecule has 2 aliphatic heterocycles. The molecule has 65 heavy (non-hydrogen) atoms. The Morgan fingerprint density at radius 2 is 1.15 bits per heavy atom. The molecule has 2 aromatic rings. The maximum atomic E-state index is 12.7. The molecule has 2 fully saturated rings. The fraction of sp³-hybridized carbons (Fsp3) is 0.689. The Kier molecular flexibility index (Phi) is 25.3. The van der Waals surface area contributed by atoms with E-state index in [0.717, 1.165) is 121 Å². The van der Waals surface area contributed by atoms with Gasteiger partial charge in [-0.15, -0.1) is 0 Å². The number of nitrogens with zero attached hydrogens (tertiary/aromatic N) is 6. The van der Waals surface area contributed by atoms with Crippen molar-refractivity contribution in [3.63, 3.8) is 0 Å². The lowest BCUT2D eigenvalue weighted by Crippen LogP contribution is -2.46. The van der Waals surface area contributed by atoms with Crippen molar-refractivity contribution in [2.24, 2.45) is 0 Å². The smallest absolute Gasteiger partial charge is 0.341 e. The number of hydroxylamine groups is 4. The number of morpholine rings is 2. The lowest BCUT2D eigenvalue weighted by Gasteiger charge is -2.29. The second-order valence-corrected chi connectivity index (χ2v) is 16.7. The van der Waals surface area contributed by atoms with Gasteiger partial charge in [-0.25, -0.2) is 29.3 Å². The van der Waals surface area contributed by atoms with E-state index in [9.17, 15) is 19.2 Å². The normalized spacial score (nSPS) is 14.5. The highest BCUT2D eigenvalue weighted by Gasteiger charge is 2.20. The van der Waals surface area contributed by atoms with Crippen LogP contribution in [0.1, 0.15) is 77.3 Å². The number of amides is 8. The first kappa shape index (κ1) is 52.8. The highest BCUT2D eigenvalue weighted by molar-refractivity contribution is 5.74. The van der Waals surface area contributed by atoms with Crippen LogP contribution in [0.4, 0.5) is 19.2 Å². The molecule has 0 spiro atoms. The third-order valence-electron chi connectivity index (χ3n) is 10.7. The molecule has 2 saturated heterocycles. The van der Waals surface area contributed by atoms with Gasteiger partial charge < -0.3 is 41.4 Å². The molecule has 4 heterocycles. The monoisotopic (exact) mass is 914 g/mol. The Morgan fingerprint density at radius 3 is 1.68 bits per heavy atom. The number of ether oxygens (including phenoxy) is 2. The van der Waals surface area contributed by atoms with Gasteiger partial charge in [0, 0.05) is 95.9 Å².